The fraction of sp³-hybridized carbons (Fsp3) is 0.625. The van der Waals surface area contributed by atoms with Crippen LogP contribution in [0, 0.1) is 0 Å². The predicted octanol–water partition coefficient (Wildman–Crippen LogP) is 3.17. The van der Waals surface area contributed by atoms with E-state index in [1.165, 1.54) is 19.3 Å². The van der Waals surface area contributed by atoms with Crippen molar-refractivity contribution < 1.29 is 14.6 Å². The van der Waals surface area contributed by atoms with Crippen LogP contribution in [0.5, 0.6) is 17.2 Å². The number of ether oxygens (including phenoxy) is 2. The quantitative estimate of drug-likeness (QED) is 0.919. The summed E-state index contributed by atoms with van der Waals surface area (Å²) in [5.41, 5.74) is 1.11. The van der Waals surface area contributed by atoms with Gasteiger partial charge in [0.2, 0.25) is 5.75 Å². The zero-order valence-electron chi connectivity index (χ0n) is 12.8. The number of likely N-dealkylation sites (tertiary alicyclic amines) is 1. The summed E-state index contributed by atoms with van der Waals surface area (Å²) in [6, 6.07) is 4.96. The minimum absolute atomic E-state index is 0.0680. The van der Waals surface area contributed by atoms with Crippen LogP contribution < -0.4 is 9.47 Å². The standard InChI is InChI=1S/C16H25NO3/c1-11-6-5-7-12(2)17(11)10-13-8-14(19-3)16(18)15(9-13)20-4/h8-9,11-12,18H,5-7,10H2,1-4H3/t11-,12+. The Hall–Kier alpha value is -1.42. The van der Waals surface area contributed by atoms with Crippen molar-refractivity contribution in [2.45, 2.75) is 51.7 Å². The molecule has 1 saturated heterocycles. The molecule has 1 aromatic rings. The second-order valence-corrected chi connectivity index (χ2v) is 5.65. The number of phenolic OH excluding ortho intramolecular Hbond substituents is 1. The molecule has 4 nitrogen and oxygen atoms in total. The third-order valence-electron chi connectivity index (χ3n) is 4.28. The first-order chi connectivity index (χ1) is 9.56. The molecule has 20 heavy (non-hydrogen) atoms. The zero-order valence-corrected chi connectivity index (χ0v) is 12.8. The molecular weight excluding hydrogens is 254 g/mol. The van der Waals surface area contributed by atoms with Gasteiger partial charge in [-0.1, -0.05) is 6.42 Å². The molecule has 1 aromatic carbocycles. The van der Waals surface area contributed by atoms with Crippen LogP contribution in [0.3, 0.4) is 0 Å². The first-order valence-electron chi connectivity index (χ1n) is 7.26. The van der Waals surface area contributed by atoms with Crippen LogP contribution in [0.25, 0.3) is 0 Å². The van der Waals surface area contributed by atoms with Crippen molar-refractivity contribution >= 4 is 0 Å². The molecule has 2 atom stereocenters. The number of methoxy groups -OCH3 is 2. The first-order valence-corrected chi connectivity index (χ1v) is 7.26. The van der Waals surface area contributed by atoms with E-state index < -0.39 is 0 Å². The lowest BCUT2D eigenvalue weighted by Crippen LogP contribution is -2.42. The topological polar surface area (TPSA) is 41.9 Å². The van der Waals surface area contributed by atoms with Crippen LogP contribution >= 0.6 is 0 Å². The number of phenols is 1. The minimum atomic E-state index is 0.0680. The Labute approximate surface area is 121 Å². The summed E-state index contributed by atoms with van der Waals surface area (Å²) in [5, 5.41) is 9.96. The van der Waals surface area contributed by atoms with E-state index in [0.717, 1.165) is 12.1 Å². The van der Waals surface area contributed by atoms with Crippen LogP contribution in [-0.4, -0.2) is 36.3 Å². The lowest BCUT2D eigenvalue weighted by atomic mass is 9.96. The third-order valence-corrected chi connectivity index (χ3v) is 4.28. The van der Waals surface area contributed by atoms with Crippen molar-refractivity contribution in [2.24, 2.45) is 0 Å². The van der Waals surface area contributed by atoms with E-state index in [4.69, 9.17) is 9.47 Å². The molecule has 0 unspecified atom stereocenters. The number of hydrogen-bond acceptors (Lipinski definition) is 4. The lowest BCUT2D eigenvalue weighted by molar-refractivity contribution is 0.0951. The molecule has 1 fully saturated rings. The largest absolute Gasteiger partial charge is 0.502 e. The molecule has 0 aromatic heterocycles. The Kier molecular flexibility index (Phi) is 4.76. The maximum atomic E-state index is 9.96. The molecule has 2 rings (SSSR count). The average molecular weight is 279 g/mol. The monoisotopic (exact) mass is 279 g/mol. The predicted molar refractivity (Wildman–Crippen MR) is 79.5 cm³/mol. The summed E-state index contributed by atoms with van der Waals surface area (Å²) in [6.07, 6.45) is 3.80. The molecule has 0 radical (unpaired) electrons. The molecule has 1 aliphatic rings. The van der Waals surface area contributed by atoms with E-state index in [2.05, 4.69) is 18.7 Å². The maximum absolute atomic E-state index is 9.96. The van der Waals surface area contributed by atoms with Gasteiger partial charge in [0.1, 0.15) is 0 Å². The molecule has 0 spiro atoms. The SMILES string of the molecule is COc1cc(CN2[C@H](C)CCC[C@@H]2C)cc(OC)c1O. The van der Waals surface area contributed by atoms with Crippen molar-refractivity contribution in [3.05, 3.63) is 17.7 Å². The second kappa shape index (κ2) is 6.35. The number of benzene rings is 1. The molecule has 4 heteroatoms. The van der Waals surface area contributed by atoms with Crippen molar-refractivity contribution in [3.63, 3.8) is 0 Å². The fourth-order valence-electron chi connectivity index (χ4n) is 3.04. The summed E-state index contributed by atoms with van der Waals surface area (Å²) in [7, 11) is 3.12. The van der Waals surface area contributed by atoms with Crippen LogP contribution in [0.2, 0.25) is 0 Å². The number of aromatic hydroxyl groups is 1. The second-order valence-electron chi connectivity index (χ2n) is 5.65. The van der Waals surface area contributed by atoms with E-state index in [0.29, 0.717) is 23.6 Å². The molecule has 1 N–H and O–H groups in total. The van der Waals surface area contributed by atoms with Gasteiger partial charge in [-0.15, -0.1) is 0 Å². The number of hydrogen-bond donors (Lipinski definition) is 1. The van der Waals surface area contributed by atoms with E-state index in [1.807, 2.05) is 12.1 Å². The molecule has 112 valence electrons. The van der Waals surface area contributed by atoms with Gasteiger partial charge in [-0.3, -0.25) is 4.90 Å². The Morgan fingerprint density at radius 2 is 1.60 bits per heavy atom. The van der Waals surface area contributed by atoms with Gasteiger partial charge in [0.15, 0.2) is 11.5 Å². The van der Waals surface area contributed by atoms with Crippen LogP contribution in [-0.2, 0) is 6.54 Å². The van der Waals surface area contributed by atoms with Gasteiger partial charge in [-0.25, -0.2) is 0 Å². The Morgan fingerprint density at radius 1 is 1.10 bits per heavy atom. The highest BCUT2D eigenvalue weighted by atomic mass is 16.5. The van der Waals surface area contributed by atoms with Gasteiger partial charge in [-0.2, -0.15) is 0 Å². The van der Waals surface area contributed by atoms with Gasteiger partial charge in [0.25, 0.3) is 0 Å². The number of nitrogens with zero attached hydrogens (tertiary/aromatic N) is 1. The fourth-order valence-corrected chi connectivity index (χ4v) is 3.04. The number of rotatable bonds is 4. The Balaban J connectivity index is 2.24. The van der Waals surface area contributed by atoms with Crippen LogP contribution in [0.1, 0.15) is 38.7 Å². The van der Waals surface area contributed by atoms with E-state index >= 15 is 0 Å². The minimum Gasteiger partial charge on any atom is -0.502 e. The van der Waals surface area contributed by atoms with Crippen molar-refractivity contribution in [3.8, 4) is 17.2 Å². The Morgan fingerprint density at radius 3 is 2.05 bits per heavy atom. The van der Waals surface area contributed by atoms with Crippen LogP contribution in [0.4, 0.5) is 0 Å². The first kappa shape index (κ1) is 15.0. The molecule has 0 aliphatic carbocycles. The van der Waals surface area contributed by atoms with E-state index in [9.17, 15) is 5.11 Å². The normalized spacial score (nSPS) is 23.6. The molecule has 1 heterocycles. The summed E-state index contributed by atoms with van der Waals surface area (Å²) < 4.78 is 10.4. The average Bonchev–Trinajstić information content (AvgIpc) is 2.44. The van der Waals surface area contributed by atoms with Gasteiger partial charge in [-0.05, 0) is 44.4 Å². The molecule has 0 bridgehead atoms. The summed E-state index contributed by atoms with van der Waals surface area (Å²) in [4.78, 5) is 2.51. The Bertz CT molecular complexity index is 426. The van der Waals surface area contributed by atoms with E-state index in [-0.39, 0.29) is 5.75 Å². The molecular formula is C16H25NO3. The highest BCUT2D eigenvalue weighted by Crippen LogP contribution is 2.38. The zero-order chi connectivity index (χ0) is 14.7. The highest BCUT2D eigenvalue weighted by Gasteiger charge is 2.25. The van der Waals surface area contributed by atoms with E-state index in [1.54, 1.807) is 14.2 Å². The maximum Gasteiger partial charge on any atom is 0.200 e. The van der Waals surface area contributed by atoms with Gasteiger partial charge >= 0.3 is 0 Å². The van der Waals surface area contributed by atoms with Crippen molar-refractivity contribution in [2.75, 3.05) is 14.2 Å². The van der Waals surface area contributed by atoms with Gasteiger partial charge in [0.05, 0.1) is 14.2 Å². The number of piperidine rings is 1. The molecule has 0 amide bonds. The lowest BCUT2D eigenvalue weighted by Gasteiger charge is -2.39. The van der Waals surface area contributed by atoms with Gasteiger partial charge in [0, 0.05) is 18.6 Å². The van der Waals surface area contributed by atoms with Gasteiger partial charge < -0.3 is 14.6 Å². The van der Waals surface area contributed by atoms with Crippen molar-refractivity contribution in [1.82, 2.24) is 4.90 Å². The summed E-state index contributed by atoms with van der Waals surface area (Å²) in [6.45, 7) is 5.42. The summed E-state index contributed by atoms with van der Waals surface area (Å²) >= 11 is 0. The smallest absolute Gasteiger partial charge is 0.200 e. The summed E-state index contributed by atoms with van der Waals surface area (Å²) in [5.74, 6) is 1.01. The van der Waals surface area contributed by atoms with Crippen LogP contribution in [0.15, 0.2) is 12.1 Å². The molecule has 1 aliphatic heterocycles. The third kappa shape index (κ3) is 3.01. The highest BCUT2D eigenvalue weighted by molar-refractivity contribution is 5.52. The molecule has 0 saturated carbocycles. The van der Waals surface area contributed by atoms with Crippen molar-refractivity contribution in [1.29, 1.82) is 0 Å².